The van der Waals surface area contributed by atoms with Gasteiger partial charge in [0.2, 0.25) is 5.91 Å². The molecule has 1 saturated heterocycles. The molecule has 0 aliphatic carbocycles. The quantitative estimate of drug-likeness (QED) is 0.203. The Hall–Kier alpha value is -4.50. The number of rotatable bonds is 8. The van der Waals surface area contributed by atoms with Crippen molar-refractivity contribution in [3.63, 3.8) is 0 Å². The molecule has 3 aliphatic rings. The minimum Gasteiger partial charge on any atom is -0.354 e. The smallest absolute Gasteiger partial charge is 0.270 e. The van der Waals surface area contributed by atoms with Crippen molar-refractivity contribution in [1.29, 1.82) is 0 Å². The summed E-state index contributed by atoms with van der Waals surface area (Å²) in [5.74, 6) is -0.0526. The van der Waals surface area contributed by atoms with Gasteiger partial charge in [0.25, 0.3) is 11.6 Å². The van der Waals surface area contributed by atoms with Crippen molar-refractivity contribution < 1.29 is 14.5 Å². The van der Waals surface area contributed by atoms with E-state index in [1.807, 2.05) is 23.1 Å². The Morgan fingerprint density at radius 2 is 1.83 bits per heavy atom. The molecule has 9 nitrogen and oxygen atoms in total. The average molecular weight is 552 g/mol. The number of anilines is 2. The van der Waals surface area contributed by atoms with Gasteiger partial charge in [-0.1, -0.05) is 30.3 Å². The summed E-state index contributed by atoms with van der Waals surface area (Å²) in [6.45, 7) is 3.36. The molecule has 0 atom stereocenters. The van der Waals surface area contributed by atoms with Gasteiger partial charge in [-0.25, -0.2) is 0 Å². The predicted molar refractivity (Wildman–Crippen MR) is 159 cm³/mol. The standard InChI is InChI=1S/C32H33N5O4/c38-29-5-1-2-16-36(29)17-3-4-21-6-8-22(9-7-21)31(34-25-11-10-24-20-33-15-14-23(24)18-25)30-27-19-26(37(40)41)12-13-28(27)35-32(30)39/h6-13,18-19,33-34H,1-5,14-17,20H2,(H,35,39). The first-order valence-corrected chi connectivity index (χ1v) is 14.3. The summed E-state index contributed by atoms with van der Waals surface area (Å²) in [5.41, 5.74) is 7.29. The third-order valence-corrected chi connectivity index (χ3v) is 8.13. The third kappa shape index (κ3) is 5.71. The van der Waals surface area contributed by atoms with E-state index in [0.717, 1.165) is 75.1 Å². The number of nitro benzene ring substituents is 1. The van der Waals surface area contributed by atoms with Gasteiger partial charge in [0.1, 0.15) is 0 Å². The number of nitro groups is 1. The van der Waals surface area contributed by atoms with Crippen LogP contribution in [0.4, 0.5) is 17.1 Å². The highest BCUT2D eigenvalue weighted by Gasteiger charge is 2.30. The zero-order valence-electron chi connectivity index (χ0n) is 22.9. The van der Waals surface area contributed by atoms with E-state index < -0.39 is 4.92 Å². The third-order valence-electron chi connectivity index (χ3n) is 8.13. The van der Waals surface area contributed by atoms with Gasteiger partial charge in [0.05, 0.1) is 16.2 Å². The lowest BCUT2D eigenvalue weighted by Gasteiger charge is -2.26. The van der Waals surface area contributed by atoms with Crippen LogP contribution in [0, 0.1) is 10.1 Å². The van der Waals surface area contributed by atoms with Crippen LogP contribution in [0.15, 0.2) is 60.7 Å². The molecule has 0 radical (unpaired) electrons. The molecular formula is C32H33N5O4. The van der Waals surface area contributed by atoms with E-state index >= 15 is 0 Å². The van der Waals surface area contributed by atoms with Crippen LogP contribution in [-0.4, -0.2) is 41.3 Å². The van der Waals surface area contributed by atoms with Crippen molar-refractivity contribution in [3.8, 4) is 0 Å². The van der Waals surface area contributed by atoms with Crippen molar-refractivity contribution in [1.82, 2.24) is 10.2 Å². The van der Waals surface area contributed by atoms with E-state index in [-0.39, 0.29) is 17.5 Å². The van der Waals surface area contributed by atoms with Crippen LogP contribution in [0.2, 0.25) is 0 Å². The maximum absolute atomic E-state index is 13.3. The van der Waals surface area contributed by atoms with Gasteiger partial charge in [0.15, 0.2) is 0 Å². The minimum atomic E-state index is -0.447. The molecule has 2 amide bonds. The van der Waals surface area contributed by atoms with Gasteiger partial charge in [-0.05, 0) is 79.1 Å². The van der Waals surface area contributed by atoms with Crippen molar-refractivity contribution >= 4 is 40.1 Å². The Morgan fingerprint density at radius 1 is 0.976 bits per heavy atom. The van der Waals surface area contributed by atoms with Crippen molar-refractivity contribution in [3.05, 3.63) is 98.6 Å². The Labute approximate surface area is 238 Å². The highest BCUT2D eigenvalue weighted by Crippen LogP contribution is 2.39. The normalized spacial score (nSPS) is 17.5. The number of hydrogen-bond acceptors (Lipinski definition) is 6. The molecule has 41 heavy (non-hydrogen) atoms. The highest BCUT2D eigenvalue weighted by molar-refractivity contribution is 6.37. The molecule has 3 aliphatic heterocycles. The second kappa shape index (κ2) is 11.5. The maximum atomic E-state index is 13.3. The molecule has 0 unspecified atom stereocenters. The van der Waals surface area contributed by atoms with Crippen LogP contribution in [0.25, 0.3) is 11.3 Å². The van der Waals surface area contributed by atoms with Gasteiger partial charge in [-0.3, -0.25) is 19.7 Å². The fraction of sp³-hybridized carbons (Fsp3) is 0.312. The van der Waals surface area contributed by atoms with Crippen LogP contribution < -0.4 is 16.0 Å². The first-order chi connectivity index (χ1) is 20.0. The first kappa shape index (κ1) is 26.7. The van der Waals surface area contributed by atoms with Crippen molar-refractivity contribution in [2.75, 3.05) is 30.3 Å². The number of benzene rings is 3. The summed E-state index contributed by atoms with van der Waals surface area (Å²) in [6.07, 6.45) is 5.37. The van der Waals surface area contributed by atoms with Gasteiger partial charge < -0.3 is 20.9 Å². The van der Waals surface area contributed by atoms with Crippen LogP contribution >= 0.6 is 0 Å². The molecule has 3 heterocycles. The summed E-state index contributed by atoms with van der Waals surface area (Å²) < 4.78 is 0. The van der Waals surface area contributed by atoms with Crippen molar-refractivity contribution in [2.45, 2.75) is 45.1 Å². The van der Waals surface area contributed by atoms with E-state index in [1.54, 1.807) is 6.07 Å². The molecular weight excluding hydrogens is 518 g/mol. The first-order valence-electron chi connectivity index (χ1n) is 14.3. The maximum Gasteiger partial charge on any atom is 0.270 e. The minimum absolute atomic E-state index is 0.0686. The number of carbonyl (C=O) groups excluding carboxylic acids is 2. The monoisotopic (exact) mass is 551 g/mol. The number of carbonyl (C=O) groups is 2. The Bertz CT molecular complexity index is 1550. The van der Waals surface area contributed by atoms with E-state index in [0.29, 0.717) is 28.9 Å². The summed E-state index contributed by atoms with van der Waals surface area (Å²) in [6, 6.07) is 18.7. The average Bonchev–Trinajstić information content (AvgIpc) is 3.32. The summed E-state index contributed by atoms with van der Waals surface area (Å²) >= 11 is 0. The van der Waals surface area contributed by atoms with Gasteiger partial charge >= 0.3 is 0 Å². The van der Waals surface area contributed by atoms with E-state index in [2.05, 4.69) is 40.2 Å². The number of likely N-dealkylation sites (tertiary alicyclic amines) is 1. The summed E-state index contributed by atoms with van der Waals surface area (Å²) in [4.78, 5) is 38.5. The highest BCUT2D eigenvalue weighted by atomic mass is 16.6. The largest absolute Gasteiger partial charge is 0.354 e. The number of amides is 2. The molecule has 210 valence electrons. The van der Waals surface area contributed by atoms with Gasteiger partial charge in [-0.2, -0.15) is 0 Å². The fourth-order valence-electron chi connectivity index (χ4n) is 5.91. The second-order valence-electron chi connectivity index (χ2n) is 10.9. The van der Waals surface area contributed by atoms with Crippen LogP contribution in [-0.2, 0) is 29.0 Å². The molecule has 3 aromatic carbocycles. The van der Waals surface area contributed by atoms with Gasteiger partial charge in [0, 0.05) is 55.1 Å². The molecule has 0 bridgehead atoms. The molecule has 3 aromatic rings. The molecule has 9 heteroatoms. The lowest BCUT2D eigenvalue weighted by molar-refractivity contribution is -0.384. The van der Waals surface area contributed by atoms with E-state index in [4.69, 9.17) is 0 Å². The number of fused-ring (bicyclic) bond motifs is 2. The molecule has 0 aromatic heterocycles. The lowest BCUT2D eigenvalue weighted by Crippen LogP contribution is -2.36. The summed E-state index contributed by atoms with van der Waals surface area (Å²) in [5, 5.41) is 21.3. The van der Waals surface area contributed by atoms with E-state index in [9.17, 15) is 19.7 Å². The topological polar surface area (TPSA) is 117 Å². The van der Waals surface area contributed by atoms with Crippen LogP contribution in [0.5, 0.6) is 0 Å². The Morgan fingerprint density at radius 3 is 2.63 bits per heavy atom. The molecule has 0 saturated carbocycles. The Kier molecular flexibility index (Phi) is 7.52. The SMILES string of the molecule is O=C1Nc2ccc([N+](=O)[O-])cc2C1=C(Nc1ccc2c(c1)CCNC2)c1ccc(CCCN2CCCCC2=O)cc1. The van der Waals surface area contributed by atoms with E-state index in [1.165, 1.54) is 23.3 Å². The lowest BCUT2D eigenvalue weighted by atomic mass is 9.97. The second-order valence-corrected chi connectivity index (χ2v) is 10.9. The zero-order chi connectivity index (χ0) is 28.3. The number of hydrogen-bond donors (Lipinski definition) is 3. The zero-order valence-corrected chi connectivity index (χ0v) is 22.9. The van der Waals surface area contributed by atoms with Crippen LogP contribution in [0.1, 0.15) is 53.5 Å². The van der Waals surface area contributed by atoms with Crippen molar-refractivity contribution in [2.24, 2.45) is 0 Å². The number of nitrogens with zero attached hydrogens (tertiary/aromatic N) is 2. The van der Waals surface area contributed by atoms with Crippen LogP contribution in [0.3, 0.4) is 0 Å². The Balaban J connectivity index is 1.32. The molecule has 0 spiro atoms. The van der Waals surface area contributed by atoms with Gasteiger partial charge in [-0.15, -0.1) is 0 Å². The predicted octanol–water partition coefficient (Wildman–Crippen LogP) is 5.12. The number of piperidine rings is 1. The number of nitrogens with one attached hydrogen (secondary N) is 3. The molecule has 1 fully saturated rings. The number of non-ortho nitro benzene ring substituents is 1. The molecule has 6 rings (SSSR count). The molecule has 3 N–H and O–H groups in total. The number of aryl methyl sites for hydroxylation is 1. The fourth-order valence-corrected chi connectivity index (χ4v) is 5.91. The summed E-state index contributed by atoms with van der Waals surface area (Å²) in [7, 11) is 0.